The first-order valence-corrected chi connectivity index (χ1v) is 10.1. The van der Waals surface area contributed by atoms with Gasteiger partial charge in [0.15, 0.2) is 17.6 Å². The van der Waals surface area contributed by atoms with Crippen LogP contribution in [0.5, 0.6) is 11.5 Å². The number of para-hydroxylation sites is 1. The Kier molecular flexibility index (Phi) is 5.03. The molecule has 0 saturated carbocycles. The normalized spacial score (nSPS) is 16.9. The van der Waals surface area contributed by atoms with Crippen molar-refractivity contribution in [2.24, 2.45) is 0 Å². The van der Waals surface area contributed by atoms with E-state index in [0.29, 0.717) is 31.0 Å². The van der Waals surface area contributed by atoms with Gasteiger partial charge in [-0.05, 0) is 35.9 Å². The number of esters is 1. The predicted octanol–water partition coefficient (Wildman–Crippen LogP) is 2.84. The number of fused-ring (bicyclic) bond motifs is 1. The van der Waals surface area contributed by atoms with Gasteiger partial charge in [-0.25, -0.2) is 4.68 Å². The van der Waals surface area contributed by atoms with Gasteiger partial charge in [0.1, 0.15) is 0 Å². The molecule has 5 rings (SSSR count). The van der Waals surface area contributed by atoms with Crippen LogP contribution < -0.4 is 9.47 Å². The third kappa shape index (κ3) is 3.96. The monoisotopic (exact) mass is 419 g/mol. The molecule has 1 fully saturated rings. The number of cyclic esters (lactones) is 1. The van der Waals surface area contributed by atoms with E-state index >= 15 is 0 Å². The van der Waals surface area contributed by atoms with Crippen molar-refractivity contribution in [3.05, 3.63) is 72.1 Å². The van der Waals surface area contributed by atoms with Crippen LogP contribution >= 0.6 is 0 Å². The number of nitrogens with zero attached hydrogens (tertiary/aromatic N) is 3. The minimum atomic E-state index is -0.755. The number of aromatic nitrogens is 2. The van der Waals surface area contributed by atoms with E-state index in [9.17, 15) is 9.59 Å². The van der Waals surface area contributed by atoms with E-state index in [2.05, 4.69) is 5.10 Å². The number of carbonyl (C=O) groups is 2. The van der Waals surface area contributed by atoms with Crippen molar-refractivity contribution in [2.75, 3.05) is 6.79 Å². The van der Waals surface area contributed by atoms with Gasteiger partial charge in [-0.2, -0.15) is 5.10 Å². The molecule has 1 amide bonds. The smallest absolute Gasteiger partial charge is 0.306 e. The van der Waals surface area contributed by atoms with E-state index in [1.54, 1.807) is 15.8 Å². The van der Waals surface area contributed by atoms with Gasteiger partial charge in [0.05, 0.1) is 17.9 Å². The first-order chi connectivity index (χ1) is 15.2. The molecular weight excluding hydrogens is 398 g/mol. The molecule has 1 saturated heterocycles. The maximum atomic E-state index is 13.3. The minimum Gasteiger partial charge on any atom is -0.454 e. The van der Waals surface area contributed by atoms with Crippen LogP contribution in [0.25, 0.3) is 5.69 Å². The van der Waals surface area contributed by atoms with Gasteiger partial charge in [-0.3, -0.25) is 9.59 Å². The lowest BCUT2D eigenvalue weighted by Crippen LogP contribution is -2.38. The summed E-state index contributed by atoms with van der Waals surface area (Å²) in [5.41, 5.74) is 2.66. The molecule has 2 aliphatic heterocycles. The Morgan fingerprint density at radius 1 is 1.06 bits per heavy atom. The average Bonchev–Trinajstić information content (AvgIpc) is 3.54. The zero-order valence-corrected chi connectivity index (χ0v) is 16.8. The molecular formula is C23H21N3O5. The van der Waals surface area contributed by atoms with Gasteiger partial charge in [-0.1, -0.05) is 24.3 Å². The van der Waals surface area contributed by atoms with Crippen LogP contribution in [-0.2, 0) is 27.4 Å². The highest BCUT2D eigenvalue weighted by Crippen LogP contribution is 2.33. The summed E-state index contributed by atoms with van der Waals surface area (Å²) in [6, 6.07) is 17.2. The molecule has 8 heteroatoms. The van der Waals surface area contributed by atoms with E-state index in [0.717, 1.165) is 16.9 Å². The molecule has 8 nitrogen and oxygen atoms in total. The highest BCUT2D eigenvalue weighted by Gasteiger charge is 2.33. The molecule has 1 atom stereocenters. The maximum Gasteiger partial charge on any atom is 0.306 e. The van der Waals surface area contributed by atoms with Crippen LogP contribution in [0.3, 0.4) is 0 Å². The molecule has 2 aromatic carbocycles. The molecule has 158 valence electrons. The van der Waals surface area contributed by atoms with Gasteiger partial charge in [0, 0.05) is 25.6 Å². The first kappa shape index (κ1) is 19.2. The van der Waals surface area contributed by atoms with Crippen LogP contribution in [0, 0.1) is 0 Å². The Morgan fingerprint density at radius 2 is 1.90 bits per heavy atom. The Morgan fingerprint density at radius 3 is 2.71 bits per heavy atom. The molecule has 0 radical (unpaired) electrons. The SMILES string of the molecule is O=C1CCC(C(=O)N(Cc2ccc3c(c2)OCO3)Cc2ccnn2-c2ccccc2)O1. The zero-order valence-electron chi connectivity index (χ0n) is 16.8. The summed E-state index contributed by atoms with van der Waals surface area (Å²) in [7, 11) is 0. The molecule has 0 spiro atoms. The molecule has 3 heterocycles. The summed E-state index contributed by atoms with van der Waals surface area (Å²) < 4.78 is 17.9. The first-order valence-electron chi connectivity index (χ1n) is 10.1. The second-order valence-corrected chi connectivity index (χ2v) is 7.47. The van der Waals surface area contributed by atoms with Crippen molar-refractivity contribution in [2.45, 2.75) is 32.0 Å². The van der Waals surface area contributed by atoms with Crippen LogP contribution in [0.4, 0.5) is 0 Å². The lowest BCUT2D eigenvalue weighted by molar-refractivity contribution is -0.153. The fourth-order valence-electron chi connectivity index (χ4n) is 3.82. The fraction of sp³-hybridized carbons (Fsp3) is 0.261. The summed E-state index contributed by atoms with van der Waals surface area (Å²) in [6.45, 7) is 0.843. The molecule has 31 heavy (non-hydrogen) atoms. The molecule has 1 unspecified atom stereocenters. The quantitative estimate of drug-likeness (QED) is 0.572. The number of benzene rings is 2. The predicted molar refractivity (Wildman–Crippen MR) is 109 cm³/mol. The van der Waals surface area contributed by atoms with Crippen LogP contribution in [0.1, 0.15) is 24.1 Å². The van der Waals surface area contributed by atoms with E-state index in [4.69, 9.17) is 14.2 Å². The summed E-state index contributed by atoms with van der Waals surface area (Å²) in [6.07, 6.45) is 1.61. The van der Waals surface area contributed by atoms with Crippen LogP contribution in [-0.4, -0.2) is 39.5 Å². The molecule has 2 aliphatic rings. The third-order valence-corrected chi connectivity index (χ3v) is 5.36. The summed E-state index contributed by atoms with van der Waals surface area (Å²) in [5.74, 6) is 0.792. The Balaban J connectivity index is 1.43. The second-order valence-electron chi connectivity index (χ2n) is 7.47. The average molecular weight is 419 g/mol. The molecule has 0 aliphatic carbocycles. The van der Waals surface area contributed by atoms with Gasteiger partial charge in [-0.15, -0.1) is 0 Å². The standard InChI is InChI=1S/C23H21N3O5/c27-22-9-8-20(31-22)23(28)25(13-16-6-7-19-21(12-16)30-15-29-19)14-18-10-11-24-26(18)17-4-2-1-3-5-17/h1-7,10-12,20H,8-9,13-15H2. The number of ether oxygens (including phenoxy) is 3. The fourth-order valence-corrected chi connectivity index (χ4v) is 3.82. The van der Waals surface area contributed by atoms with Crippen molar-refractivity contribution in [3.8, 4) is 17.2 Å². The Labute approximate surface area is 178 Å². The third-order valence-electron chi connectivity index (χ3n) is 5.36. The number of hydrogen-bond donors (Lipinski definition) is 0. The summed E-state index contributed by atoms with van der Waals surface area (Å²) in [5, 5.41) is 4.42. The molecule has 1 aromatic heterocycles. The van der Waals surface area contributed by atoms with E-state index in [-0.39, 0.29) is 25.1 Å². The number of hydrogen-bond acceptors (Lipinski definition) is 6. The van der Waals surface area contributed by atoms with E-state index in [1.165, 1.54) is 0 Å². The molecule has 0 N–H and O–H groups in total. The lowest BCUT2D eigenvalue weighted by Gasteiger charge is -2.25. The van der Waals surface area contributed by atoms with E-state index in [1.807, 2.05) is 54.6 Å². The van der Waals surface area contributed by atoms with Gasteiger partial charge in [0.25, 0.3) is 5.91 Å². The summed E-state index contributed by atoms with van der Waals surface area (Å²) >= 11 is 0. The highest BCUT2D eigenvalue weighted by atomic mass is 16.7. The highest BCUT2D eigenvalue weighted by molar-refractivity contribution is 5.86. The van der Waals surface area contributed by atoms with Gasteiger partial charge < -0.3 is 19.1 Å². The van der Waals surface area contributed by atoms with Gasteiger partial charge in [0.2, 0.25) is 6.79 Å². The Bertz CT molecular complexity index is 1110. The summed E-state index contributed by atoms with van der Waals surface area (Å²) in [4.78, 5) is 26.5. The minimum absolute atomic E-state index is 0.190. The topological polar surface area (TPSA) is 82.9 Å². The van der Waals surface area contributed by atoms with Gasteiger partial charge >= 0.3 is 5.97 Å². The Hall–Kier alpha value is -3.81. The van der Waals surface area contributed by atoms with Crippen molar-refractivity contribution < 1.29 is 23.8 Å². The van der Waals surface area contributed by atoms with Crippen molar-refractivity contribution in [3.63, 3.8) is 0 Å². The lowest BCUT2D eigenvalue weighted by atomic mass is 10.1. The van der Waals surface area contributed by atoms with Crippen molar-refractivity contribution in [1.29, 1.82) is 0 Å². The van der Waals surface area contributed by atoms with Crippen molar-refractivity contribution >= 4 is 11.9 Å². The number of rotatable bonds is 6. The number of carbonyl (C=O) groups excluding carboxylic acids is 2. The largest absolute Gasteiger partial charge is 0.454 e. The second kappa shape index (κ2) is 8.14. The number of amides is 1. The maximum absolute atomic E-state index is 13.3. The van der Waals surface area contributed by atoms with Crippen LogP contribution in [0.2, 0.25) is 0 Å². The molecule has 0 bridgehead atoms. The van der Waals surface area contributed by atoms with E-state index < -0.39 is 6.10 Å². The van der Waals surface area contributed by atoms with Crippen molar-refractivity contribution in [1.82, 2.24) is 14.7 Å². The zero-order chi connectivity index (χ0) is 21.2. The van der Waals surface area contributed by atoms with Crippen LogP contribution in [0.15, 0.2) is 60.8 Å². The molecule has 3 aromatic rings.